The number of carbonyl (C=O) groups excluding carboxylic acids is 4. The molecular weight excluding hydrogens is 434 g/mol. The van der Waals surface area contributed by atoms with Crippen molar-refractivity contribution in [1.29, 1.82) is 0 Å². The summed E-state index contributed by atoms with van der Waals surface area (Å²) in [5.41, 5.74) is 1.64. The summed E-state index contributed by atoms with van der Waals surface area (Å²) < 4.78 is 5.19. The van der Waals surface area contributed by atoms with Crippen molar-refractivity contribution in [3.8, 4) is 5.75 Å². The van der Waals surface area contributed by atoms with E-state index < -0.39 is 6.04 Å². The second-order valence-corrected chi connectivity index (χ2v) is 8.62. The lowest BCUT2D eigenvalue weighted by Crippen LogP contribution is -2.49. The number of nitrogens with zero attached hydrogens (tertiary/aromatic N) is 2. The minimum atomic E-state index is -0.684. The van der Waals surface area contributed by atoms with Crippen LogP contribution in [-0.2, 0) is 16.1 Å². The molecule has 0 aliphatic carbocycles. The van der Waals surface area contributed by atoms with E-state index in [1.807, 2.05) is 26.0 Å². The number of methoxy groups -OCH3 is 1. The van der Waals surface area contributed by atoms with E-state index in [0.717, 1.165) is 5.56 Å². The molecular formula is C26H31N3O5. The molecule has 1 unspecified atom stereocenters. The minimum Gasteiger partial charge on any atom is -0.497 e. The van der Waals surface area contributed by atoms with Gasteiger partial charge in [0.25, 0.3) is 11.8 Å². The lowest BCUT2D eigenvalue weighted by atomic mass is 10.1. The van der Waals surface area contributed by atoms with Crippen molar-refractivity contribution in [3.63, 3.8) is 0 Å². The first-order chi connectivity index (χ1) is 16.2. The molecule has 4 amide bonds. The Hall–Kier alpha value is -3.68. The molecule has 1 heterocycles. The van der Waals surface area contributed by atoms with Crippen LogP contribution in [-0.4, -0.2) is 59.2 Å². The maximum absolute atomic E-state index is 13.2. The molecule has 1 atom stereocenters. The maximum atomic E-state index is 13.2. The number of rotatable bonds is 10. The van der Waals surface area contributed by atoms with Crippen molar-refractivity contribution in [2.75, 3.05) is 13.7 Å². The monoisotopic (exact) mass is 465 g/mol. The predicted molar refractivity (Wildman–Crippen MR) is 127 cm³/mol. The summed E-state index contributed by atoms with van der Waals surface area (Å²) in [6.45, 7) is 5.82. The van der Waals surface area contributed by atoms with Crippen LogP contribution < -0.4 is 10.1 Å². The molecule has 0 aromatic heterocycles. The van der Waals surface area contributed by atoms with E-state index in [0.29, 0.717) is 23.3 Å². The molecule has 0 bridgehead atoms. The molecule has 8 heteroatoms. The summed E-state index contributed by atoms with van der Waals surface area (Å²) in [4.78, 5) is 53.7. The molecule has 0 fully saturated rings. The van der Waals surface area contributed by atoms with Crippen molar-refractivity contribution < 1.29 is 23.9 Å². The highest BCUT2D eigenvalue weighted by Gasteiger charge is 2.35. The van der Waals surface area contributed by atoms with Crippen LogP contribution >= 0.6 is 0 Å². The average Bonchev–Trinajstić information content (AvgIpc) is 3.07. The van der Waals surface area contributed by atoms with Crippen LogP contribution in [0.4, 0.5) is 0 Å². The molecule has 3 rings (SSSR count). The molecule has 0 saturated heterocycles. The molecule has 0 radical (unpaired) electrons. The SMILES string of the molecule is COc1ccc(CN(C(=O)CCCN2C(=O)c3ccccc3C2=O)C(C)C(=O)NC(C)C)cc1. The third kappa shape index (κ3) is 5.62. The first-order valence-electron chi connectivity index (χ1n) is 11.4. The van der Waals surface area contributed by atoms with Crippen LogP contribution in [0.15, 0.2) is 48.5 Å². The largest absolute Gasteiger partial charge is 0.497 e. The van der Waals surface area contributed by atoms with Gasteiger partial charge in [-0.1, -0.05) is 24.3 Å². The van der Waals surface area contributed by atoms with E-state index in [1.165, 1.54) is 9.80 Å². The van der Waals surface area contributed by atoms with Gasteiger partial charge >= 0.3 is 0 Å². The smallest absolute Gasteiger partial charge is 0.261 e. The van der Waals surface area contributed by atoms with Crippen LogP contribution in [0, 0.1) is 0 Å². The fourth-order valence-electron chi connectivity index (χ4n) is 3.89. The first-order valence-corrected chi connectivity index (χ1v) is 11.4. The highest BCUT2D eigenvalue weighted by Crippen LogP contribution is 2.23. The number of hydrogen-bond acceptors (Lipinski definition) is 5. The van der Waals surface area contributed by atoms with E-state index >= 15 is 0 Å². The predicted octanol–water partition coefficient (Wildman–Crippen LogP) is 3.01. The van der Waals surface area contributed by atoms with Crippen LogP contribution in [0.1, 0.15) is 59.9 Å². The van der Waals surface area contributed by atoms with Crippen molar-refractivity contribution in [2.45, 2.75) is 52.2 Å². The lowest BCUT2D eigenvalue weighted by Gasteiger charge is -2.29. The number of nitrogens with one attached hydrogen (secondary N) is 1. The number of ether oxygens (including phenoxy) is 1. The maximum Gasteiger partial charge on any atom is 0.261 e. The van der Waals surface area contributed by atoms with E-state index in [2.05, 4.69) is 5.32 Å². The van der Waals surface area contributed by atoms with Gasteiger partial charge in [0.2, 0.25) is 11.8 Å². The van der Waals surface area contributed by atoms with Gasteiger partial charge in [0.05, 0.1) is 18.2 Å². The molecule has 1 aliphatic rings. The van der Waals surface area contributed by atoms with Gasteiger partial charge in [-0.15, -0.1) is 0 Å². The van der Waals surface area contributed by atoms with E-state index in [4.69, 9.17) is 4.74 Å². The van der Waals surface area contributed by atoms with Gasteiger partial charge in [-0.2, -0.15) is 0 Å². The Morgan fingerprint density at radius 1 is 0.971 bits per heavy atom. The lowest BCUT2D eigenvalue weighted by molar-refractivity contribution is -0.140. The Balaban J connectivity index is 1.67. The fourth-order valence-corrected chi connectivity index (χ4v) is 3.89. The molecule has 2 aromatic rings. The molecule has 1 N–H and O–H groups in total. The number of fused-ring (bicyclic) bond motifs is 1. The van der Waals surface area contributed by atoms with Gasteiger partial charge in [0.1, 0.15) is 11.8 Å². The molecule has 2 aromatic carbocycles. The van der Waals surface area contributed by atoms with Gasteiger partial charge in [-0.25, -0.2) is 0 Å². The van der Waals surface area contributed by atoms with Gasteiger partial charge in [-0.05, 0) is 57.0 Å². The number of benzene rings is 2. The van der Waals surface area contributed by atoms with Crippen molar-refractivity contribution >= 4 is 23.6 Å². The summed E-state index contributed by atoms with van der Waals surface area (Å²) in [6.07, 6.45) is 0.408. The van der Waals surface area contributed by atoms with Gasteiger partial charge in [-0.3, -0.25) is 24.1 Å². The van der Waals surface area contributed by atoms with Crippen LogP contribution in [0.3, 0.4) is 0 Å². The Morgan fingerprint density at radius 2 is 1.56 bits per heavy atom. The van der Waals surface area contributed by atoms with Gasteiger partial charge in [0.15, 0.2) is 0 Å². The minimum absolute atomic E-state index is 0.0540. The zero-order valence-corrected chi connectivity index (χ0v) is 20.0. The first kappa shape index (κ1) is 25.0. The summed E-state index contributed by atoms with van der Waals surface area (Å²) >= 11 is 0. The number of carbonyl (C=O) groups is 4. The van der Waals surface area contributed by atoms with Crippen LogP contribution in [0.5, 0.6) is 5.75 Å². The second kappa shape index (κ2) is 11.0. The quantitative estimate of drug-likeness (QED) is 0.544. The van der Waals surface area contributed by atoms with E-state index in [-0.39, 0.29) is 49.2 Å². The Labute approximate surface area is 199 Å². The molecule has 34 heavy (non-hydrogen) atoms. The Morgan fingerprint density at radius 3 is 2.09 bits per heavy atom. The highest BCUT2D eigenvalue weighted by molar-refractivity contribution is 6.21. The molecule has 8 nitrogen and oxygen atoms in total. The molecule has 1 aliphatic heterocycles. The average molecular weight is 466 g/mol. The van der Waals surface area contributed by atoms with Gasteiger partial charge in [0, 0.05) is 25.6 Å². The molecule has 0 saturated carbocycles. The van der Waals surface area contributed by atoms with Crippen molar-refractivity contribution in [1.82, 2.24) is 15.1 Å². The zero-order valence-electron chi connectivity index (χ0n) is 20.0. The Kier molecular flexibility index (Phi) is 8.04. The summed E-state index contributed by atoms with van der Waals surface area (Å²) in [5.74, 6) is -0.440. The van der Waals surface area contributed by atoms with E-state index in [9.17, 15) is 19.2 Å². The highest BCUT2D eigenvalue weighted by atomic mass is 16.5. The normalized spacial score (nSPS) is 13.6. The van der Waals surface area contributed by atoms with E-state index in [1.54, 1.807) is 50.4 Å². The Bertz CT molecular complexity index is 1030. The number of imide groups is 1. The summed E-state index contributed by atoms with van der Waals surface area (Å²) in [7, 11) is 1.58. The van der Waals surface area contributed by atoms with Crippen molar-refractivity contribution in [2.24, 2.45) is 0 Å². The number of amides is 4. The second-order valence-electron chi connectivity index (χ2n) is 8.62. The summed E-state index contributed by atoms with van der Waals surface area (Å²) in [5, 5.41) is 2.85. The van der Waals surface area contributed by atoms with Crippen LogP contribution in [0.2, 0.25) is 0 Å². The molecule has 0 spiro atoms. The third-order valence-corrected chi connectivity index (χ3v) is 5.76. The third-order valence-electron chi connectivity index (χ3n) is 5.76. The summed E-state index contributed by atoms with van der Waals surface area (Å²) in [6, 6.07) is 13.3. The van der Waals surface area contributed by atoms with Crippen LogP contribution in [0.25, 0.3) is 0 Å². The topological polar surface area (TPSA) is 96.0 Å². The number of hydrogen-bond donors (Lipinski definition) is 1. The fraction of sp³-hybridized carbons (Fsp3) is 0.385. The standard InChI is InChI=1S/C26H31N3O5/c1-17(2)27-24(31)18(3)29(16-19-11-13-20(34-4)14-12-19)23(30)10-7-15-28-25(32)21-8-5-6-9-22(21)26(28)33/h5-6,8-9,11-14,17-18H,7,10,15-16H2,1-4H3,(H,27,31). The zero-order chi connectivity index (χ0) is 24.8. The van der Waals surface area contributed by atoms with Crippen molar-refractivity contribution in [3.05, 3.63) is 65.2 Å². The van der Waals surface area contributed by atoms with Gasteiger partial charge < -0.3 is 15.0 Å². The molecule has 180 valence electrons.